The highest BCUT2D eigenvalue weighted by atomic mass is 16.6. The van der Waals surface area contributed by atoms with E-state index >= 15 is 0 Å². The van der Waals surface area contributed by atoms with Gasteiger partial charge >= 0.3 is 6.09 Å². The standard InChI is InChI=1S/C14H16N4O4/c1-9(19)12(16-17-15)13(20)18-11(8-22-14(18)21)7-10-5-3-2-4-6-10/h2-6,9,11-12,19H,7-8H2,1H3/t9-,11+,12-/m0/s1. The van der Waals surface area contributed by atoms with Crippen LogP contribution in [-0.2, 0) is 16.0 Å². The topological polar surface area (TPSA) is 116 Å². The Hall–Kier alpha value is -2.57. The average Bonchev–Trinajstić information content (AvgIpc) is 2.85. The van der Waals surface area contributed by atoms with Crippen LogP contribution in [0.5, 0.6) is 0 Å². The van der Waals surface area contributed by atoms with Crippen LogP contribution in [-0.4, -0.2) is 46.8 Å². The van der Waals surface area contributed by atoms with E-state index in [0.717, 1.165) is 10.5 Å². The fraction of sp³-hybridized carbons (Fsp3) is 0.429. The molecule has 0 aliphatic carbocycles. The number of aliphatic hydroxyl groups excluding tert-OH is 1. The molecular formula is C14H16N4O4. The minimum Gasteiger partial charge on any atom is -0.447 e. The Balaban J connectivity index is 2.20. The second-order valence-electron chi connectivity index (χ2n) is 5.02. The summed E-state index contributed by atoms with van der Waals surface area (Å²) in [6, 6.07) is 7.51. The van der Waals surface area contributed by atoms with Crippen LogP contribution in [0.2, 0.25) is 0 Å². The predicted octanol–water partition coefficient (Wildman–Crippen LogP) is 1.64. The van der Waals surface area contributed by atoms with E-state index in [9.17, 15) is 14.7 Å². The molecule has 8 heteroatoms. The summed E-state index contributed by atoms with van der Waals surface area (Å²) in [5.41, 5.74) is 9.45. The Kier molecular flexibility index (Phi) is 4.98. The summed E-state index contributed by atoms with van der Waals surface area (Å²) in [5.74, 6) is -0.753. The highest BCUT2D eigenvalue weighted by Crippen LogP contribution is 2.20. The van der Waals surface area contributed by atoms with Crippen molar-refractivity contribution < 1.29 is 19.4 Å². The van der Waals surface area contributed by atoms with Crippen molar-refractivity contribution >= 4 is 12.0 Å². The Bertz CT molecular complexity index is 598. The Morgan fingerprint density at radius 2 is 2.23 bits per heavy atom. The number of carbonyl (C=O) groups excluding carboxylic acids is 2. The lowest BCUT2D eigenvalue weighted by Gasteiger charge is -2.23. The van der Waals surface area contributed by atoms with Crippen molar-refractivity contribution in [1.29, 1.82) is 0 Å². The van der Waals surface area contributed by atoms with Crippen molar-refractivity contribution in [1.82, 2.24) is 4.90 Å². The molecule has 116 valence electrons. The van der Waals surface area contributed by atoms with Crippen LogP contribution in [0.25, 0.3) is 10.4 Å². The fourth-order valence-electron chi connectivity index (χ4n) is 2.32. The van der Waals surface area contributed by atoms with Crippen molar-refractivity contribution in [3.63, 3.8) is 0 Å². The van der Waals surface area contributed by atoms with Gasteiger partial charge in [0.25, 0.3) is 0 Å². The van der Waals surface area contributed by atoms with E-state index < -0.39 is 30.2 Å². The molecule has 0 unspecified atom stereocenters. The third-order valence-corrected chi connectivity index (χ3v) is 3.40. The van der Waals surface area contributed by atoms with Crippen molar-refractivity contribution in [2.45, 2.75) is 31.5 Å². The quantitative estimate of drug-likeness (QED) is 0.505. The number of benzene rings is 1. The van der Waals surface area contributed by atoms with E-state index in [1.165, 1.54) is 6.92 Å². The maximum absolute atomic E-state index is 12.4. The van der Waals surface area contributed by atoms with Crippen LogP contribution in [0.4, 0.5) is 4.79 Å². The van der Waals surface area contributed by atoms with Gasteiger partial charge in [-0.25, -0.2) is 9.69 Å². The van der Waals surface area contributed by atoms with Gasteiger partial charge in [-0.3, -0.25) is 4.79 Å². The van der Waals surface area contributed by atoms with Gasteiger partial charge in [-0.2, -0.15) is 0 Å². The van der Waals surface area contributed by atoms with Crippen molar-refractivity contribution in [2.24, 2.45) is 5.11 Å². The summed E-state index contributed by atoms with van der Waals surface area (Å²) in [6.07, 6.45) is -1.56. The van der Waals surface area contributed by atoms with Gasteiger partial charge in [0.15, 0.2) is 0 Å². The van der Waals surface area contributed by atoms with Gasteiger partial charge in [0, 0.05) is 4.91 Å². The number of aliphatic hydroxyl groups is 1. The number of carbonyl (C=O) groups is 2. The van der Waals surface area contributed by atoms with E-state index in [-0.39, 0.29) is 6.61 Å². The van der Waals surface area contributed by atoms with Crippen LogP contribution in [0, 0.1) is 0 Å². The lowest BCUT2D eigenvalue weighted by atomic mass is 10.0. The van der Waals surface area contributed by atoms with Crippen molar-refractivity contribution in [3.05, 3.63) is 46.3 Å². The van der Waals surface area contributed by atoms with Crippen LogP contribution < -0.4 is 0 Å². The number of amides is 2. The first-order valence-corrected chi connectivity index (χ1v) is 6.80. The summed E-state index contributed by atoms with van der Waals surface area (Å²) in [5, 5.41) is 12.8. The summed E-state index contributed by atoms with van der Waals surface area (Å²) in [7, 11) is 0. The molecule has 1 N–H and O–H groups in total. The van der Waals surface area contributed by atoms with Crippen LogP contribution in [0.3, 0.4) is 0 Å². The number of azide groups is 1. The molecule has 0 radical (unpaired) electrons. The number of rotatable bonds is 5. The molecule has 1 saturated heterocycles. The van der Waals surface area contributed by atoms with Gasteiger partial charge < -0.3 is 9.84 Å². The van der Waals surface area contributed by atoms with E-state index in [2.05, 4.69) is 10.0 Å². The monoisotopic (exact) mass is 304 g/mol. The normalized spacial score (nSPS) is 20.0. The molecule has 1 aliphatic heterocycles. The van der Waals surface area contributed by atoms with Gasteiger partial charge in [0.1, 0.15) is 12.6 Å². The first-order valence-electron chi connectivity index (χ1n) is 6.80. The molecule has 0 saturated carbocycles. The smallest absolute Gasteiger partial charge is 0.416 e. The van der Waals surface area contributed by atoms with E-state index in [1.807, 2.05) is 30.3 Å². The molecule has 3 atom stereocenters. The second kappa shape index (κ2) is 6.93. The molecular weight excluding hydrogens is 288 g/mol. The molecule has 1 aromatic carbocycles. The largest absolute Gasteiger partial charge is 0.447 e. The minimum atomic E-state index is -1.35. The fourth-order valence-corrected chi connectivity index (χ4v) is 2.32. The van der Waals surface area contributed by atoms with Gasteiger partial charge in [0.05, 0.1) is 12.1 Å². The zero-order valence-corrected chi connectivity index (χ0v) is 12.0. The molecule has 0 spiro atoms. The average molecular weight is 304 g/mol. The summed E-state index contributed by atoms with van der Waals surface area (Å²) in [4.78, 5) is 27.7. The Labute approximate surface area is 126 Å². The maximum Gasteiger partial charge on any atom is 0.416 e. The first-order chi connectivity index (χ1) is 10.5. The molecule has 1 heterocycles. The number of imide groups is 1. The van der Waals surface area contributed by atoms with Gasteiger partial charge in [-0.05, 0) is 24.4 Å². The third kappa shape index (κ3) is 3.36. The maximum atomic E-state index is 12.4. The van der Waals surface area contributed by atoms with Crippen LogP contribution in [0.15, 0.2) is 35.4 Å². The second-order valence-corrected chi connectivity index (χ2v) is 5.02. The molecule has 8 nitrogen and oxygen atoms in total. The van der Waals surface area contributed by atoms with Crippen LogP contribution >= 0.6 is 0 Å². The lowest BCUT2D eigenvalue weighted by molar-refractivity contribution is -0.132. The molecule has 1 aromatic rings. The van der Waals surface area contributed by atoms with Crippen molar-refractivity contribution in [2.75, 3.05) is 6.61 Å². The Morgan fingerprint density at radius 1 is 1.55 bits per heavy atom. The van der Waals surface area contributed by atoms with Gasteiger partial charge in [-0.15, -0.1) is 0 Å². The molecule has 0 aromatic heterocycles. The number of cyclic esters (lactones) is 1. The first kappa shape index (κ1) is 15.8. The van der Waals surface area contributed by atoms with Gasteiger partial charge in [-0.1, -0.05) is 35.4 Å². The van der Waals surface area contributed by atoms with E-state index in [1.54, 1.807) is 0 Å². The highest BCUT2D eigenvalue weighted by molar-refractivity contribution is 5.96. The minimum absolute atomic E-state index is 0.0717. The molecule has 1 aliphatic rings. The summed E-state index contributed by atoms with van der Waals surface area (Å²) < 4.78 is 4.93. The zero-order valence-electron chi connectivity index (χ0n) is 12.0. The number of nitrogens with zero attached hydrogens (tertiary/aromatic N) is 4. The molecule has 22 heavy (non-hydrogen) atoms. The predicted molar refractivity (Wildman–Crippen MR) is 76.7 cm³/mol. The summed E-state index contributed by atoms with van der Waals surface area (Å²) in [6.45, 7) is 1.40. The van der Waals surface area contributed by atoms with Crippen molar-refractivity contribution in [3.8, 4) is 0 Å². The van der Waals surface area contributed by atoms with Gasteiger partial charge in [0.2, 0.25) is 5.91 Å². The van der Waals surface area contributed by atoms with E-state index in [0.29, 0.717) is 6.42 Å². The lowest BCUT2D eigenvalue weighted by Crippen LogP contribution is -2.48. The molecule has 1 fully saturated rings. The number of ether oxygens (including phenoxy) is 1. The summed E-state index contributed by atoms with van der Waals surface area (Å²) >= 11 is 0. The number of hydrogen-bond donors (Lipinski definition) is 1. The zero-order chi connectivity index (χ0) is 16.1. The SMILES string of the molecule is C[C@H](O)[C@H](N=[N+]=[N-])C(=O)N1C(=O)OC[C@H]1Cc1ccccc1. The van der Waals surface area contributed by atoms with E-state index in [4.69, 9.17) is 10.3 Å². The highest BCUT2D eigenvalue weighted by Gasteiger charge is 2.41. The third-order valence-electron chi connectivity index (χ3n) is 3.40. The molecule has 2 amide bonds. The molecule has 0 bridgehead atoms. The Morgan fingerprint density at radius 3 is 2.82 bits per heavy atom. The molecule has 2 rings (SSSR count). The number of hydrogen-bond acceptors (Lipinski definition) is 5. The van der Waals surface area contributed by atoms with Crippen LogP contribution in [0.1, 0.15) is 12.5 Å².